The van der Waals surface area contributed by atoms with Gasteiger partial charge in [0, 0.05) is 11.3 Å². The monoisotopic (exact) mass is 410 g/mol. The number of nitrogens with one attached hydrogen (secondary N) is 1. The molecule has 142 valence electrons. The summed E-state index contributed by atoms with van der Waals surface area (Å²) in [6.07, 6.45) is 0. The summed E-state index contributed by atoms with van der Waals surface area (Å²) in [5.74, 6) is 0.915. The first kappa shape index (κ1) is 18.5. The maximum atomic E-state index is 12.8. The summed E-state index contributed by atoms with van der Waals surface area (Å²) in [5.41, 5.74) is 2.64. The third-order valence-electron chi connectivity index (χ3n) is 4.17. The molecule has 28 heavy (non-hydrogen) atoms. The van der Waals surface area contributed by atoms with E-state index >= 15 is 0 Å². The number of carbonyl (C=O) groups is 1. The van der Waals surface area contributed by atoms with Crippen molar-refractivity contribution in [2.75, 3.05) is 5.32 Å². The van der Waals surface area contributed by atoms with Crippen molar-refractivity contribution in [1.29, 1.82) is 0 Å². The van der Waals surface area contributed by atoms with Crippen molar-refractivity contribution in [1.82, 2.24) is 15.1 Å². The van der Waals surface area contributed by atoms with E-state index in [-0.39, 0.29) is 11.8 Å². The van der Waals surface area contributed by atoms with Crippen LogP contribution in [0.15, 0.2) is 45.6 Å². The van der Waals surface area contributed by atoms with Gasteiger partial charge in [-0.05, 0) is 30.0 Å². The number of amides is 1. The third kappa shape index (κ3) is 3.61. The van der Waals surface area contributed by atoms with Gasteiger partial charge < -0.3 is 9.84 Å². The van der Waals surface area contributed by atoms with E-state index in [1.54, 1.807) is 16.7 Å². The van der Waals surface area contributed by atoms with Crippen molar-refractivity contribution in [3.8, 4) is 21.3 Å². The number of aromatic nitrogens is 3. The van der Waals surface area contributed by atoms with E-state index in [1.165, 1.54) is 11.3 Å². The molecule has 0 saturated heterocycles. The highest BCUT2D eigenvalue weighted by molar-refractivity contribution is 7.20. The van der Waals surface area contributed by atoms with E-state index in [0.29, 0.717) is 28.7 Å². The third-order valence-corrected chi connectivity index (χ3v) is 6.05. The van der Waals surface area contributed by atoms with Crippen LogP contribution in [-0.4, -0.2) is 21.0 Å². The summed E-state index contributed by atoms with van der Waals surface area (Å²) in [6, 6.07) is 9.65. The summed E-state index contributed by atoms with van der Waals surface area (Å²) in [5, 5.41) is 11.6. The van der Waals surface area contributed by atoms with Crippen molar-refractivity contribution in [3.63, 3.8) is 0 Å². The fraction of sp³-hybridized carbons (Fsp3) is 0.200. The van der Waals surface area contributed by atoms with Crippen molar-refractivity contribution >= 4 is 34.3 Å². The molecule has 4 rings (SSSR count). The van der Waals surface area contributed by atoms with E-state index in [1.807, 2.05) is 56.5 Å². The van der Waals surface area contributed by atoms with Gasteiger partial charge in [0.05, 0.1) is 16.1 Å². The van der Waals surface area contributed by atoms with Crippen LogP contribution in [-0.2, 0) is 0 Å². The molecule has 0 unspecified atom stereocenters. The van der Waals surface area contributed by atoms with Crippen LogP contribution in [0.2, 0.25) is 0 Å². The van der Waals surface area contributed by atoms with E-state index < -0.39 is 0 Å². The molecule has 0 atom stereocenters. The van der Waals surface area contributed by atoms with Crippen molar-refractivity contribution < 1.29 is 9.32 Å². The molecule has 3 heterocycles. The molecule has 0 radical (unpaired) electrons. The molecule has 0 spiro atoms. The molecular formula is C20H18N4O2S2. The molecule has 0 fully saturated rings. The second kappa shape index (κ2) is 7.65. The summed E-state index contributed by atoms with van der Waals surface area (Å²) in [7, 11) is 0. The average molecular weight is 411 g/mol. The quantitative estimate of drug-likeness (QED) is 0.463. The number of carbonyl (C=O) groups excluding carboxylic acids is 1. The van der Waals surface area contributed by atoms with Gasteiger partial charge in [-0.2, -0.15) is 4.98 Å². The molecule has 8 heteroatoms. The maximum absolute atomic E-state index is 12.8. The molecule has 0 aliphatic rings. The Balaban J connectivity index is 1.63. The fourth-order valence-corrected chi connectivity index (χ4v) is 4.27. The van der Waals surface area contributed by atoms with E-state index in [0.717, 1.165) is 15.4 Å². The van der Waals surface area contributed by atoms with Crippen molar-refractivity contribution in [2.45, 2.75) is 26.7 Å². The molecule has 3 aromatic heterocycles. The van der Waals surface area contributed by atoms with Gasteiger partial charge in [0.15, 0.2) is 5.82 Å². The lowest BCUT2D eigenvalue weighted by Gasteiger charge is -2.10. The predicted molar refractivity (Wildman–Crippen MR) is 112 cm³/mol. The molecule has 0 bridgehead atoms. The number of hydrogen-bond acceptors (Lipinski definition) is 7. The SMILES string of the molecule is Cc1cccc(-c2nc(C(C)C)no2)c1NC(=O)c1csc(-c2cccs2)n1. The Bertz CT molecular complexity index is 1110. The first-order valence-corrected chi connectivity index (χ1v) is 10.5. The number of hydrogen-bond donors (Lipinski definition) is 1. The number of thiophene rings is 1. The first-order chi connectivity index (χ1) is 13.5. The van der Waals surface area contributed by atoms with E-state index in [2.05, 4.69) is 20.4 Å². The Morgan fingerprint density at radius 1 is 1.14 bits per heavy atom. The normalized spacial score (nSPS) is 11.1. The molecule has 1 N–H and O–H groups in total. The zero-order chi connectivity index (χ0) is 19.7. The fourth-order valence-electron chi connectivity index (χ4n) is 2.66. The summed E-state index contributed by atoms with van der Waals surface area (Å²) < 4.78 is 5.42. The zero-order valence-corrected chi connectivity index (χ0v) is 17.2. The molecule has 0 saturated carbocycles. The predicted octanol–water partition coefficient (Wildman–Crippen LogP) is 5.61. The zero-order valence-electron chi connectivity index (χ0n) is 15.6. The van der Waals surface area contributed by atoms with Crippen molar-refractivity contribution in [3.05, 3.63) is 58.2 Å². The molecule has 6 nitrogen and oxygen atoms in total. The Hall–Kier alpha value is -2.84. The van der Waals surface area contributed by atoms with Crippen LogP contribution in [0.4, 0.5) is 5.69 Å². The van der Waals surface area contributed by atoms with E-state index in [4.69, 9.17) is 4.52 Å². The van der Waals surface area contributed by atoms with Crippen LogP contribution in [0.3, 0.4) is 0 Å². The lowest BCUT2D eigenvalue weighted by molar-refractivity contribution is 0.102. The van der Waals surface area contributed by atoms with Gasteiger partial charge in [0.2, 0.25) is 0 Å². The number of benzene rings is 1. The number of thiazole rings is 1. The lowest BCUT2D eigenvalue weighted by Crippen LogP contribution is -2.14. The van der Waals surface area contributed by atoms with Gasteiger partial charge in [0.25, 0.3) is 11.8 Å². The number of rotatable bonds is 5. The second-order valence-electron chi connectivity index (χ2n) is 6.58. The summed E-state index contributed by atoms with van der Waals surface area (Å²) in [6.45, 7) is 5.93. The van der Waals surface area contributed by atoms with Crippen LogP contribution in [0, 0.1) is 6.92 Å². The highest BCUT2D eigenvalue weighted by Gasteiger charge is 2.19. The lowest BCUT2D eigenvalue weighted by atomic mass is 10.1. The van der Waals surface area contributed by atoms with Gasteiger partial charge in [-0.15, -0.1) is 22.7 Å². The van der Waals surface area contributed by atoms with Crippen LogP contribution in [0.25, 0.3) is 21.3 Å². The Labute approximate surface area is 170 Å². The van der Waals surface area contributed by atoms with Crippen molar-refractivity contribution in [2.24, 2.45) is 0 Å². The Kier molecular flexibility index (Phi) is 5.06. The van der Waals surface area contributed by atoms with E-state index in [9.17, 15) is 4.79 Å². The molecule has 1 amide bonds. The van der Waals surface area contributed by atoms with Crippen LogP contribution in [0.5, 0.6) is 0 Å². The minimum absolute atomic E-state index is 0.158. The topological polar surface area (TPSA) is 80.9 Å². The smallest absolute Gasteiger partial charge is 0.275 e. The van der Waals surface area contributed by atoms with Gasteiger partial charge in [-0.25, -0.2) is 4.98 Å². The molecule has 4 aromatic rings. The minimum Gasteiger partial charge on any atom is -0.334 e. The molecule has 1 aromatic carbocycles. The van der Waals surface area contributed by atoms with Gasteiger partial charge in [0.1, 0.15) is 10.7 Å². The highest BCUT2D eigenvalue weighted by atomic mass is 32.1. The minimum atomic E-state index is -0.266. The molecule has 0 aliphatic carbocycles. The van der Waals surface area contributed by atoms with Crippen LogP contribution < -0.4 is 5.32 Å². The number of anilines is 1. The molecular weight excluding hydrogens is 392 g/mol. The summed E-state index contributed by atoms with van der Waals surface area (Å²) >= 11 is 3.06. The highest BCUT2D eigenvalue weighted by Crippen LogP contribution is 2.32. The second-order valence-corrected chi connectivity index (χ2v) is 8.39. The molecule has 0 aliphatic heterocycles. The average Bonchev–Trinajstić information content (AvgIpc) is 3.43. The largest absolute Gasteiger partial charge is 0.334 e. The summed E-state index contributed by atoms with van der Waals surface area (Å²) in [4.78, 5) is 22.8. The number of para-hydroxylation sites is 1. The van der Waals surface area contributed by atoms with Gasteiger partial charge in [-0.1, -0.05) is 37.2 Å². The Morgan fingerprint density at radius 3 is 2.71 bits per heavy atom. The van der Waals surface area contributed by atoms with Crippen LogP contribution >= 0.6 is 22.7 Å². The number of nitrogens with zero attached hydrogens (tertiary/aromatic N) is 3. The van der Waals surface area contributed by atoms with Gasteiger partial charge >= 0.3 is 0 Å². The first-order valence-electron chi connectivity index (χ1n) is 8.77. The Morgan fingerprint density at radius 2 is 2.00 bits per heavy atom. The van der Waals surface area contributed by atoms with Crippen LogP contribution in [0.1, 0.15) is 41.6 Å². The number of aryl methyl sites for hydroxylation is 1. The van der Waals surface area contributed by atoms with Gasteiger partial charge in [-0.3, -0.25) is 4.79 Å². The standard InChI is InChI=1S/C20H18N4O2S2/c1-11(2)17-23-19(26-24-17)13-7-4-6-12(3)16(13)22-18(25)14-10-28-20(21-14)15-8-5-9-27-15/h4-11H,1-3H3,(H,22,25). The maximum Gasteiger partial charge on any atom is 0.275 e.